The number of benzene rings is 1. The van der Waals surface area contributed by atoms with Crippen LogP contribution in [0, 0.1) is 12.3 Å². The minimum absolute atomic E-state index is 0.00466. The Hall–Kier alpha value is -2.54. The highest BCUT2D eigenvalue weighted by Crippen LogP contribution is 2.45. The zero-order chi connectivity index (χ0) is 19.5. The molecular weight excluding hydrogens is 358 g/mol. The van der Waals surface area contributed by atoms with Gasteiger partial charge in [0.05, 0.1) is 10.9 Å². The van der Waals surface area contributed by atoms with Gasteiger partial charge in [-0.3, -0.25) is 9.78 Å². The Morgan fingerprint density at radius 1 is 1.21 bits per heavy atom. The maximum Gasteiger partial charge on any atom is 0.311 e. The summed E-state index contributed by atoms with van der Waals surface area (Å²) in [6.07, 6.45) is 2.37. The van der Waals surface area contributed by atoms with Crippen molar-refractivity contribution in [2.45, 2.75) is 32.2 Å². The predicted molar refractivity (Wildman–Crippen MR) is 105 cm³/mol. The van der Waals surface area contributed by atoms with Gasteiger partial charge in [-0.25, -0.2) is 0 Å². The second-order valence-electron chi connectivity index (χ2n) is 8.26. The van der Waals surface area contributed by atoms with Crippen LogP contribution in [0.5, 0.6) is 11.5 Å². The Balaban J connectivity index is 1.57. The number of aliphatic carboxylic acids is 1. The molecule has 0 spiro atoms. The van der Waals surface area contributed by atoms with Gasteiger partial charge in [0.2, 0.25) is 6.79 Å². The van der Waals surface area contributed by atoms with Crippen molar-refractivity contribution >= 4 is 22.6 Å². The van der Waals surface area contributed by atoms with Gasteiger partial charge >= 0.3 is 5.97 Å². The molecule has 1 aromatic heterocycles. The highest BCUT2D eigenvalue weighted by Gasteiger charge is 2.52. The van der Waals surface area contributed by atoms with Gasteiger partial charge in [0.1, 0.15) is 0 Å². The molecule has 1 aromatic carbocycles. The summed E-state index contributed by atoms with van der Waals surface area (Å²) in [7, 11) is 2.05. The average molecular weight is 383 g/mol. The maximum atomic E-state index is 12.2. The number of anilines is 1. The summed E-state index contributed by atoms with van der Waals surface area (Å²) >= 11 is 0. The van der Waals surface area contributed by atoms with Crippen molar-refractivity contribution in [1.82, 2.24) is 9.88 Å². The van der Waals surface area contributed by atoms with Gasteiger partial charge < -0.3 is 24.4 Å². The number of carbonyl (C=O) groups is 1. The number of aryl methyl sites for hydroxylation is 1. The molecule has 148 valence electrons. The molecule has 2 saturated heterocycles. The van der Waals surface area contributed by atoms with Crippen LogP contribution in [-0.2, 0) is 4.79 Å². The van der Waals surface area contributed by atoms with Gasteiger partial charge in [0.25, 0.3) is 0 Å². The van der Waals surface area contributed by atoms with Gasteiger partial charge in [-0.05, 0) is 51.9 Å². The fourth-order valence-corrected chi connectivity index (χ4v) is 5.19. The van der Waals surface area contributed by atoms with Crippen LogP contribution in [0.25, 0.3) is 10.9 Å². The van der Waals surface area contributed by atoms with Crippen LogP contribution >= 0.6 is 0 Å². The van der Waals surface area contributed by atoms with Crippen LogP contribution in [0.15, 0.2) is 18.2 Å². The number of piperidine rings is 2. The van der Waals surface area contributed by atoms with Crippen molar-refractivity contribution in [3.05, 3.63) is 23.9 Å². The van der Waals surface area contributed by atoms with Gasteiger partial charge in [-0.15, -0.1) is 0 Å². The molecule has 0 amide bonds. The molecule has 7 heteroatoms. The van der Waals surface area contributed by atoms with Crippen molar-refractivity contribution in [1.29, 1.82) is 0 Å². The summed E-state index contributed by atoms with van der Waals surface area (Å²) in [6, 6.07) is 6.04. The second kappa shape index (κ2) is 6.24. The molecule has 2 atom stereocenters. The molecule has 28 heavy (non-hydrogen) atoms. The zero-order valence-corrected chi connectivity index (χ0v) is 16.3. The number of pyridine rings is 1. The van der Waals surface area contributed by atoms with E-state index in [9.17, 15) is 9.90 Å². The molecule has 1 N–H and O–H groups in total. The van der Waals surface area contributed by atoms with E-state index in [1.165, 1.54) is 0 Å². The molecule has 4 heterocycles. The van der Waals surface area contributed by atoms with Gasteiger partial charge in [-0.1, -0.05) is 0 Å². The SMILES string of the molecule is Cc1cc(N2CC[C@@]3(C(=O)O)CCCN(C)[C@@H]3C2)c2cc3c(cc2n1)OCO3. The van der Waals surface area contributed by atoms with Crippen LogP contribution < -0.4 is 14.4 Å². The zero-order valence-electron chi connectivity index (χ0n) is 16.3. The Labute approximate surface area is 163 Å². The third kappa shape index (κ3) is 2.53. The summed E-state index contributed by atoms with van der Waals surface area (Å²) in [6.45, 7) is 4.60. The molecule has 0 unspecified atom stereocenters. The first kappa shape index (κ1) is 17.6. The van der Waals surface area contributed by atoms with E-state index in [1.54, 1.807) is 0 Å². The van der Waals surface area contributed by atoms with Gasteiger partial charge in [0, 0.05) is 42.0 Å². The smallest absolute Gasteiger partial charge is 0.311 e. The van der Waals surface area contributed by atoms with E-state index >= 15 is 0 Å². The summed E-state index contributed by atoms with van der Waals surface area (Å²) in [5, 5.41) is 11.1. The predicted octanol–water partition coefficient (Wildman–Crippen LogP) is 2.65. The van der Waals surface area contributed by atoms with E-state index in [0.717, 1.165) is 59.7 Å². The van der Waals surface area contributed by atoms with Crippen molar-refractivity contribution in [3.8, 4) is 11.5 Å². The van der Waals surface area contributed by atoms with E-state index in [2.05, 4.69) is 27.9 Å². The molecule has 0 radical (unpaired) electrons. The number of nitrogens with zero attached hydrogens (tertiary/aromatic N) is 3. The van der Waals surface area contributed by atoms with Gasteiger partial charge in [-0.2, -0.15) is 0 Å². The third-order valence-corrected chi connectivity index (χ3v) is 6.70. The molecule has 7 nitrogen and oxygen atoms in total. The number of hydrogen-bond donors (Lipinski definition) is 1. The van der Waals surface area contributed by atoms with Crippen molar-refractivity contribution < 1.29 is 19.4 Å². The van der Waals surface area contributed by atoms with E-state index < -0.39 is 11.4 Å². The molecule has 5 rings (SSSR count). The van der Waals surface area contributed by atoms with Crippen LogP contribution in [0.3, 0.4) is 0 Å². The Morgan fingerprint density at radius 3 is 2.79 bits per heavy atom. The first-order chi connectivity index (χ1) is 13.5. The molecule has 3 aliphatic rings. The van der Waals surface area contributed by atoms with E-state index in [4.69, 9.17) is 9.47 Å². The lowest BCUT2D eigenvalue weighted by Crippen LogP contribution is -2.63. The lowest BCUT2D eigenvalue weighted by molar-refractivity contribution is -0.158. The molecule has 0 saturated carbocycles. The molecule has 2 aromatic rings. The molecule has 2 fully saturated rings. The molecule has 3 aliphatic heterocycles. The number of aromatic nitrogens is 1. The van der Waals surface area contributed by atoms with Crippen molar-refractivity contribution in [3.63, 3.8) is 0 Å². The maximum absolute atomic E-state index is 12.2. The summed E-state index contributed by atoms with van der Waals surface area (Å²) in [5.41, 5.74) is 2.28. The topological polar surface area (TPSA) is 75.1 Å². The first-order valence-corrected chi connectivity index (χ1v) is 9.87. The summed E-state index contributed by atoms with van der Waals surface area (Å²) in [4.78, 5) is 21.4. The minimum Gasteiger partial charge on any atom is -0.481 e. The highest BCUT2D eigenvalue weighted by molar-refractivity contribution is 5.94. The standard InChI is InChI=1S/C21H25N3O4/c1-13-8-16(14-9-17-18(28-12-27-17)10-15(14)22-13)24-7-5-21(20(25)26)4-3-6-23(2)19(21)11-24/h8-10,19H,3-7,11-12H2,1-2H3,(H,25,26)/t19-,21+/m1/s1. The van der Waals surface area contributed by atoms with E-state index in [-0.39, 0.29) is 12.8 Å². The van der Waals surface area contributed by atoms with Gasteiger partial charge in [0.15, 0.2) is 11.5 Å². The third-order valence-electron chi connectivity index (χ3n) is 6.70. The minimum atomic E-state index is -0.650. The van der Waals surface area contributed by atoms with Crippen LogP contribution in [0.2, 0.25) is 0 Å². The number of hydrogen-bond acceptors (Lipinski definition) is 6. The number of rotatable bonds is 2. The lowest BCUT2D eigenvalue weighted by atomic mass is 9.68. The quantitative estimate of drug-likeness (QED) is 0.854. The number of likely N-dealkylation sites (N-methyl/N-ethyl adjacent to an activating group) is 1. The number of carboxylic acid groups (broad SMARTS) is 1. The van der Waals surface area contributed by atoms with Crippen LogP contribution in [0.1, 0.15) is 25.0 Å². The van der Waals surface area contributed by atoms with E-state index in [0.29, 0.717) is 13.0 Å². The second-order valence-corrected chi connectivity index (χ2v) is 8.26. The van der Waals surface area contributed by atoms with Crippen molar-refractivity contribution in [2.24, 2.45) is 5.41 Å². The average Bonchev–Trinajstić information content (AvgIpc) is 3.13. The number of fused-ring (bicyclic) bond motifs is 3. The first-order valence-electron chi connectivity index (χ1n) is 9.87. The summed E-state index contributed by atoms with van der Waals surface area (Å²) < 4.78 is 11.1. The van der Waals surface area contributed by atoms with E-state index in [1.807, 2.05) is 19.1 Å². The highest BCUT2D eigenvalue weighted by atomic mass is 16.7. The fraction of sp³-hybridized carbons (Fsp3) is 0.524. The Bertz CT molecular complexity index is 962. The number of ether oxygens (including phenoxy) is 2. The number of likely N-dealkylation sites (tertiary alicyclic amines) is 1. The molecular formula is C21H25N3O4. The monoisotopic (exact) mass is 383 g/mol. The largest absolute Gasteiger partial charge is 0.481 e. The number of carboxylic acids is 1. The Morgan fingerprint density at radius 2 is 2.00 bits per heavy atom. The lowest BCUT2D eigenvalue weighted by Gasteiger charge is -2.52. The van der Waals surface area contributed by atoms with Crippen LogP contribution in [-0.4, -0.2) is 60.5 Å². The molecule has 0 bridgehead atoms. The normalized spacial score (nSPS) is 27.1. The van der Waals surface area contributed by atoms with Crippen molar-refractivity contribution in [2.75, 3.05) is 38.4 Å². The van der Waals surface area contributed by atoms with Crippen LogP contribution in [0.4, 0.5) is 5.69 Å². The molecule has 0 aliphatic carbocycles. The fourth-order valence-electron chi connectivity index (χ4n) is 5.19. The summed E-state index contributed by atoms with van der Waals surface area (Å²) in [5.74, 6) is 0.820. The Kier molecular flexibility index (Phi) is 3.91.